The van der Waals surface area contributed by atoms with Gasteiger partial charge in [0, 0.05) is 47.2 Å². The van der Waals surface area contributed by atoms with Gasteiger partial charge in [-0.3, -0.25) is 9.69 Å². The fourth-order valence-electron chi connectivity index (χ4n) is 6.14. The van der Waals surface area contributed by atoms with Crippen LogP contribution < -0.4 is 5.73 Å². The number of benzene rings is 1. The molecule has 2 aliphatic carbocycles. The van der Waals surface area contributed by atoms with Crippen LogP contribution in [-0.2, 0) is 0 Å². The van der Waals surface area contributed by atoms with E-state index in [1.807, 2.05) is 6.92 Å². The van der Waals surface area contributed by atoms with E-state index in [1.54, 1.807) is 47.4 Å². The molecule has 4 N–H and O–H groups in total. The van der Waals surface area contributed by atoms with Crippen LogP contribution in [0.1, 0.15) is 70.9 Å². The van der Waals surface area contributed by atoms with Gasteiger partial charge in [-0.15, -0.1) is 0 Å². The highest BCUT2D eigenvalue weighted by Gasteiger charge is 2.51. The first-order valence-electron chi connectivity index (χ1n) is 13.0. The summed E-state index contributed by atoms with van der Waals surface area (Å²) in [6.45, 7) is 1.95. The Hall–Kier alpha value is -4.69. The van der Waals surface area contributed by atoms with Gasteiger partial charge in [0.2, 0.25) is 0 Å². The molecule has 1 saturated carbocycles. The first-order chi connectivity index (χ1) is 19.5. The van der Waals surface area contributed by atoms with Gasteiger partial charge in [-0.2, -0.15) is 15.6 Å². The second-order valence-corrected chi connectivity index (χ2v) is 10.9. The number of nitrogens with two attached hydrogens (primary N) is 1. The van der Waals surface area contributed by atoms with Crippen molar-refractivity contribution in [2.75, 3.05) is 0 Å². The summed E-state index contributed by atoms with van der Waals surface area (Å²) in [5, 5.41) is 43.5. The van der Waals surface area contributed by atoms with Crippen molar-refractivity contribution >= 4 is 19.4 Å². The Morgan fingerprint density at radius 2 is 1.90 bits per heavy atom. The summed E-state index contributed by atoms with van der Waals surface area (Å²) in [7, 11) is 5.62. The number of carbonyl (C=O) groups is 1. The topological polar surface area (TPSA) is 190 Å². The first-order valence-corrected chi connectivity index (χ1v) is 13.0. The fourth-order valence-corrected chi connectivity index (χ4v) is 6.14. The Morgan fingerprint density at radius 3 is 2.51 bits per heavy atom. The standard InChI is InChI=1S/C22H14BN7O3.C6H10N2/c23-22(32,33)30-16-6-14(17-11(7-24)2-1-3-13(17)21(30)31)18-19(16)28-29-5-4-15(27-20(18)29)12-8-25-10-26-9-12;1-6(4-7)2-5(8)3-6/h1-5,8-10,14,16,32-33H,6H2;5H,2-3,8H2,1H3. The van der Waals surface area contributed by atoms with Crippen LogP contribution >= 0.6 is 0 Å². The minimum Gasteiger partial charge on any atom is -0.358 e. The third-order valence-corrected chi connectivity index (χ3v) is 7.91. The number of aliphatic hydroxyl groups is 2. The average Bonchev–Trinajstić information content (AvgIpc) is 3.45. The molecule has 13 heteroatoms. The first kappa shape index (κ1) is 26.5. The predicted molar refractivity (Wildman–Crippen MR) is 144 cm³/mol. The maximum absolute atomic E-state index is 13.4. The second kappa shape index (κ2) is 9.46. The molecule has 7 rings (SSSR count). The molecule has 4 aromatic rings. The van der Waals surface area contributed by atoms with Gasteiger partial charge in [0.1, 0.15) is 6.33 Å². The normalized spacial score (nSPS) is 24.2. The smallest absolute Gasteiger partial charge is 0.258 e. The van der Waals surface area contributed by atoms with E-state index in [9.17, 15) is 20.3 Å². The number of aromatic nitrogens is 5. The van der Waals surface area contributed by atoms with Crippen LogP contribution in [0.5, 0.6) is 0 Å². The van der Waals surface area contributed by atoms with Gasteiger partial charge in [-0.25, -0.2) is 19.5 Å². The Morgan fingerprint density at radius 1 is 1.17 bits per heavy atom. The summed E-state index contributed by atoms with van der Waals surface area (Å²) in [5.41, 5.74) is 9.46. The molecule has 3 aromatic heterocycles. The SMILES string of the molecule is CC1(C#N)CC(N)C1.[B]C(O)(O)N1C(=O)c2cccc(C#N)c2C2CC1c1nn3ccc(-c4cncnc4)nc3c12. The number of carbonyl (C=O) groups excluding carboxylic acids is 1. The van der Waals surface area contributed by atoms with Crippen LogP contribution in [0.15, 0.2) is 49.2 Å². The molecule has 1 amide bonds. The summed E-state index contributed by atoms with van der Waals surface area (Å²) >= 11 is 0. The van der Waals surface area contributed by atoms with E-state index in [2.05, 4.69) is 27.2 Å². The Kier molecular flexibility index (Phi) is 6.12. The molecule has 2 bridgehead atoms. The molecule has 3 aliphatic rings. The lowest BCUT2D eigenvalue weighted by molar-refractivity contribution is -0.190. The number of rotatable bonds is 2. The van der Waals surface area contributed by atoms with E-state index in [-0.39, 0.29) is 17.4 Å². The van der Waals surface area contributed by atoms with Gasteiger partial charge in [0.05, 0.1) is 40.5 Å². The van der Waals surface area contributed by atoms with Crippen molar-refractivity contribution < 1.29 is 15.0 Å². The summed E-state index contributed by atoms with van der Waals surface area (Å²) in [6, 6.07) is 10.4. The zero-order valence-electron chi connectivity index (χ0n) is 22.0. The maximum atomic E-state index is 13.4. The third-order valence-electron chi connectivity index (χ3n) is 7.91. The molecule has 2 atom stereocenters. The molecule has 12 nitrogen and oxygen atoms in total. The van der Waals surface area contributed by atoms with Gasteiger partial charge in [0.15, 0.2) is 19.3 Å². The van der Waals surface area contributed by atoms with Gasteiger partial charge >= 0.3 is 0 Å². The van der Waals surface area contributed by atoms with E-state index >= 15 is 0 Å². The van der Waals surface area contributed by atoms with Crippen LogP contribution in [0.25, 0.3) is 16.9 Å². The lowest BCUT2D eigenvalue weighted by atomic mass is 9.68. The van der Waals surface area contributed by atoms with Crippen LogP contribution in [-0.4, -0.2) is 65.3 Å². The molecule has 2 radical (unpaired) electrons. The molecule has 2 unspecified atom stereocenters. The number of hydrogen-bond acceptors (Lipinski definition) is 10. The predicted octanol–water partition coefficient (Wildman–Crippen LogP) is 1.49. The van der Waals surface area contributed by atoms with Crippen molar-refractivity contribution in [3.8, 4) is 23.4 Å². The quantitative estimate of drug-likeness (QED) is 0.246. The van der Waals surface area contributed by atoms with Crippen molar-refractivity contribution in [2.45, 2.75) is 50.0 Å². The van der Waals surface area contributed by atoms with Crippen LogP contribution in [0.4, 0.5) is 0 Å². The van der Waals surface area contributed by atoms with Crippen LogP contribution in [0.3, 0.4) is 0 Å². The van der Waals surface area contributed by atoms with Gasteiger partial charge in [0.25, 0.3) is 5.91 Å². The number of nitriles is 2. The summed E-state index contributed by atoms with van der Waals surface area (Å²) in [6.07, 6.45) is 8.50. The van der Waals surface area contributed by atoms with Crippen molar-refractivity contribution in [1.82, 2.24) is 29.5 Å². The minimum atomic E-state index is -2.92. The van der Waals surface area contributed by atoms with Crippen LogP contribution in [0.2, 0.25) is 0 Å². The lowest BCUT2D eigenvalue weighted by Gasteiger charge is -2.37. The third kappa shape index (κ3) is 4.31. The highest BCUT2D eigenvalue weighted by molar-refractivity contribution is 6.15. The number of nitrogens with zero attached hydrogens (tertiary/aromatic N) is 8. The number of amides is 1. The molecule has 1 aromatic carbocycles. The zero-order chi connectivity index (χ0) is 29.1. The van der Waals surface area contributed by atoms with Crippen molar-refractivity contribution in [1.29, 1.82) is 10.5 Å². The highest BCUT2D eigenvalue weighted by Crippen LogP contribution is 2.53. The summed E-state index contributed by atoms with van der Waals surface area (Å²) < 4.78 is 1.58. The highest BCUT2D eigenvalue weighted by atomic mass is 16.5. The number of fused-ring (bicyclic) bond motifs is 9. The largest absolute Gasteiger partial charge is 0.358 e. The summed E-state index contributed by atoms with van der Waals surface area (Å²) in [4.78, 5) is 27.0. The molecule has 1 aliphatic heterocycles. The van der Waals surface area contributed by atoms with Gasteiger partial charge in [-0.05, 0) is 49.9 Å². The Labute approximate surface area is 236 Å². The average molecular weight is 545 g/mol. The monoisotopic (exact) mass is 545 g/mol. The molecular weight excluding hydrogens is 521 g/mol. The Bertz CT molecular complexity index is 1760. The van der Waals surface area contributed by atoms with Crippen molar-refractivity contribution in [3.63, 3.8) is 0 Å². The molecule has 41 heavy (non-hydrogen) atoms. The molecule has 1 fully saturated rings. The lowest BCUT2D eigenvalue weighted by Crippen LogP contribution is -2.53. The zero-order valence-corrected chi connectivity index (χ0v) is 22.0. The summed E-state index contributed by atoms with van der Waals surface area (Å²) in [5.74, 6) is -4.02. The van der Waals surface area contributed by atoms with E-state index < -0.39 is 23.7 Å². The fraction of sp³-hybridized carbons (Fsp3) is 0.321. The molecule has 4 heterocycles. The maximum Gasteiger partial charge on any atom is 0.258 e. The molecule has 0 saturated heterocycles. The molecular formula is C28H24BN9O3. The van der Waals surface area contributed by atoms with Crippen LogP contribution in [0, 0.1) is 28.1 Å². The van der Waals surface area contributed by atoms with E-state index in [0.717, 1.165) is 23.3 Å². The van der Waals surface area contributed by atoms with Crippen molar-refractivity contribution in [2.24, 2.45) is 11.1 Å². The van der Waals surface area contributed by atoms with E-state index in [0.29, 0.717) is 39.8 Å². The number of hydrogen-bond donors (Lipinski definition) is 3. The van der Waals surface area contributed by atoms with Crippen molar-refractivity contribution in [3.05, 3.63) is 77.1 Å². The van der Waals surface area contributed by atoms with E-state index in [1.165, 1.54) is 6.33 Å². The minimum absolute atomic E-state index is 0.0839. The van der Waals surface area contributed by atoms with E-state index in [4.69, 9.17) is 23.8 Å². The molecule has 202 valence electrons. The second-order valence-electron chi connectivity index (χ2n) is 10.9. The molecule has 0 spiro atoms. The Balaban J connectivity index is 0.000000328. The van der Waals surface area contributed by atoms with Gasteiger partial charge < -0.3 is 15.9 Å². The van der Waals surface area contributed by atoms with Gasteiger partial charge in [-0.1, -0.05) is 6.07 Å².